The molecule has 6 nitrogen and oxygen atoms in total. The Balaban J connectivity index is 1.19. The van der Waals surface area contributed by atoms with E-state index in [1.165, 1.54) is 11.1 Å². The predicted molar refractivity (Wildman–Crippen MR) is 158 cm³/mol. The summed E-state index contributed by atoms with van der Waals surface area (Å²) < 4.78 is 13.6. The summed E-state index contributed by atoms with van der Waals surface area (Å²) in [5, 5.41) is 8.24. The molecule has 1 N–H and O–H groups in total. The minimum atomic E-state index is -0.337. The fourth-order valence-corrected chi connectivity index (χ4v) is 4.82. The highest BCUT2D eigenvalue weighted by molar-refractivity contribution is 6.30. The first-order chi connectivity index (χ1) is 19.2. The van der Waals surface area contributed by atoms with Crippen molar-refractivity contribution in [1.82, 2.24) is 9.78 Å². The molecule has 40 heavy (non-hydrogen) atoms. The van der Waals surface area contributed by atoms with Crippen LogP contribution in [0.4, 0.5) is 5.69 Å². The highest BCUT2D eigenvalue weighted by atomic mass is 35.5. The second-order valence-electron chi connectivity index (χ2n) is 10.4. The zero-order valence-electron chi connectivity index (χ0n) is 23.1. The van der Waals surface area contributed by atoms with E-state index in [0.29, 0.717) is 23.0 Å². The number of nitrogens with zero attached hydrogens (tertiary/aromatic N) is 2. The van der Waals surface area contributed by atoms with Crippen LogP contribution in [0.2, 0.25) is 5.02 Å². The molecule has 0 aliphatic rings. The molecular weight excluding hydrogens is 522 g/mol. The summed E-state index contributed by atoms with van der Waals surface area (Å²) in [7, 11) is 0. The van der Waals surface area contributed by atoms with E-state index in [2.05, 4.69) is 60.7 Å². The highest BCUT2D eigenvalue weighted by Crippen LogP contribution is 2.32. The van der Waals surface area contributed by atoms with Gasteiger partial charge in [0.25, 0.3) is 5.91 Å². The van der Waals surface area contributed by atoms with Crippen molar-refractivity contribution in [1.29, 1.82) is 0 Å². The number of hydrogen-bond acceptors (Lipinski definition) is 4. The van der Waals surface area contributed by atoms with Gasteiger partial charge in [0, 0.05) is 10.4 Å². The molecule has 3 aromatic carbocycles. The summed E-state index contributed by atoms with van der Waals surface area (Å²) in [5.41, 5.74) is 5.66. The number of aryl methyl sites for hydroxylation is 1. The number of carbonyl (C=O) groups excluding carboxylic acids is 1. The first-order valence-corrected chi connectivity index (χ1v) is 13.6. The largest absolute Gasteiger partial charge is 0.486 e. The van der Waals surface area contributed by atoms with Gasteiger partial charge in [0.05, 0.1) is 23.6 Å². The van der Waals surface area contributed by atoms with Crippen molar-refractivity contribution in [2.75, 3.05) is 5.32 Å². The minimum Gasteiger partial charge on any atom is -0.486 e. The first kappa shape index (κ1) is 27.3. The van der Waals surface area contributed by atoms with Crippen molar-refractivity contribution in [2.45, 2.75) is 46.3 Å². The Bertz CT molecular complexity index is 1600. The molecule has 7 heteroatoms. The Morgan fingerprint density at radius 1 is 0.925 bits per heavy atom. The lowest BCUT2D eigenvalue weighted by atomic mass is 9.78. The van der Waals surface area contributed by atoms with Gasteiger partial charge in [0.2, 0.25) is 0 Å². The molecule has 5 rings (SSSR count). The predicted octanol–water partition coefficient (Wildman–Crippen LogP) is 7.95. The molecule has 5 aromatic rings. The molecule has 0 saturated heterocycles. The van der Waals surface area contributed by atoms with Gasteiger partial charge >= 0.3 is 0 Å². The van der Waals surface area contributed by atoms with Crippen molar-refractivity contribution >= 4 is 23.2 Å². The lowest BCUT2D eigenvalue weighted by Gasteiger charge is -2.26. The van der Waals surface area contributed by atoms with Crippen molar-refractivity contribution in [3.63, 3.8) is 0 Å². The standard InChI is InChI=1S/C33H32ClN3O3/c1-22-31(23(2)37(36-22)20-24-10-14-27(34)15-11-24)35-32(38)30-19-18-29(40-30)21-39-28-16-12-26(13-17-28)33(3,4)25-8-6-5-7-9-25/h5-19H,20-21H2,1-4H3,(H,35,38). The molecule has 0 saturated carbocycles. The van der Waals surface area contributed by atoms with Crippen LogP contribution in [0.3, 0.4) is 0 Å². The van der Waals surface area contributed by atoms with Crippen molar-refractivity contribution < 1.29 is 13.9 Å². The third-order valence-electron chi connectivity index (χ3n) is 7.20. The molecule has 204 valence electrons. The van der Waals surface area contributed by atoms with Crippen LogP contribution in [-0.2, 0) is 18.6 Å². The maximum atomic E-state index is 13.0. The summed E-state index contributed by atoms with van der Waals surface area (Å²) in [6.07, 6.45) is 0. The lowest BCUT2D eigenvalue weighted by molar-refractivity contribution is 0.0992. The number of benzene rings is 3. The second-order valence-corrected chi connectivity index (χ2v) is 10.8. The Morgan fingerprint density at radius 3 is 2.30 bits per heavy atom. The number of hydrogen-bond donors (Lipinski definition) is 1. The molecule has 0 unspecified atom stereocenters. The van der Waals surface area contributed by atoms with E-state index in [-0.39, 0.29) is 23.7 Å². The van der Waals surface area contributed by atoms with Gasteiger partial charge in [-0.3, -0.25) is 9.48 Å². The summed E-state index contributed by atoms with van der Waals surface area (Å²) in [4.78, 5) is 13.0. The zero-order chi connectivity index (χ0) is 28.3. The molecule has 2 heterocycles. The summed E-state index contributed by atoms with van der Waals surface area (Å²) in [5.74, 6) is 1.17. The van der Waals surface area contributed by atoms with Gasteiger partial charge in [0.15, 0.2) is 5.76 Å². The Hall–Kier alpha value is -4.29. The normalized spacial score (nSPS) is 11.4. The minimum absolute atomic E-state index is 0.119. The number of carbonyl (C=O) groups is 1. The third-order valence-corrected chi connectivity index (χ3v) is 7.46. The third kappa shape index (κ3) is 5.97. The van der Waals surface area contributed by atoms with E-state index < -0.39 is 0 Å². The maximum absolute atomic E-state index is 13.0. The fraction of sp³-hybridized carbons (Fsp3) is 0.212. The number of nitrogens with one attached hydrogen (secondary N) is 1. The number of furan rings is 1. The van der Waals surface area contributed by atoms with E-state index in [1.807, 2.05) is 61.0 Å². The molecule has 1 amide bonds. The smallest absolute Gasteiger partial charge is 0.291 e. The number of halogens is 1. The van der Waals surface area contributed by atoms with E-state index in [0.717, 1.165) is 22.7 Å². The molecule has 0 atom stereocenters. The summed E-state index contributed by atoms with van der Waals surface area (Å²) in [6, 6.07) is 29.6. The van der Waals surface area contributed by atoms with Crippen molar-refractivity contribution in [2.24, 2.45) is 0 Å². The average molecular weight is 554 g/mol. The molecule has 0 aliphatic heterocycles. The second kappa shape index (κ2) is 11.4. The molecule has 0 spiro atoms. The van der Waals surface area contributed by atoms with Gasteiger partial charge in [-0.2, -0.15) is 5.10 Å². The van der Waals surface area contributed by atoms with Gasteiger partial charge in [-0.1, -0.05) is 80.0 Å². The lowest BCUT2D eigenvalue weighted by Crippen LogP contribution is -2.18. The van der Waals surface area contributed by atoms with Crippen molar-refractivity contribution in [3.05, 3.63) is 136 Å². The fourth-order valence-electron chi connectivity index (χ4n) is 4.69. The van der Waals surface area contributed by atoms with Crippen LogP contribution in [-0.4, -0.2) is 15.7 Å². The van der Waals surface area contributed by atoms with E-state index >= 15 is 0 Å². The number of aromatic nitrogens is 2. The highest BCUT2D eigenvalue weighted by Gasteiger charge is 2.23. The molecule has 0 aliphatic carbocycles. The van der Waals surface area contributed by atoms with Gasteiger partial charge in [-0.05, 0) is 66.9 Å². The van der Waals surface area contributed by atoms with Crippen LogP contribution in [0.1, 0.15) is 58.2 Å². The first-order valence-electron chi connectivity index (χ1n) is 13.2. The maximum Gasteiger partial charge on any atom is 0.291 e. The number of rotatable bonds is 9. The SMILES string of the molecule is Cc1nn(Cc2ccc(Cl)cc2)c(C)c1NC(=O)c1ccc(COc2ccc(C(C)(C)c3ccccc3)cc2)o1. The molecule has 0 radical (unpaired) electrons. The molecule has 2 aromatic heterocycles. The van der Waals surface area contributed by atoms with Crippen LogP contribution in [0.15, 0.2) is 95.4 Å². The Labute approximate surface area is 239 Å². The molecular formula is C33H32ClN3O3. The van der Waals surface area contributed by atoms with Gasteiger partial charge in [-0.25, -0.2) is 0 Å². The van der Waals surface area contributed by atoms with E-state index in [4.69, 9.17) is 20.8 Å². The molecule has 0 bridgehead atoms. The number of ether oxygens (including phenoxy) is 1. The number of anilines is 1. The monoisotopic (exact) mass is 553 g/mol. The van der Waals surface area contributed by atoms with Gasteiger partial charge in [0.1, 0.15) is 18.1 Å². The van der Waals surface area contributed by atoms with Gasteiger partial charge < -0.3 is 14.5 Å². The topological polar surface area (TPSA) is 69.3 Å². The van der Waals surface area contributed by atoms with Crippen LogP contribution in [0.5, 0.6) is 5.75 Å². The number of amides is 1. The zero-order valence-corrected chi connectivity index (χ0v) is 23.8. The van der Waals surface area contributed by atoms with E-state index in [1.54, 1.807) is 12.1 Å². The average Bonchev–Trinajstić information content (AvgIpc) is 3.54. The summed E-state index contributed by atoms with van der Waals surface area (Å²) >= 11 is 6.00. The van der Waals surface area contributed by atoms with Crippen LogP contribution in [0, 0.1) is 13.8 Å². The van der Waals surface area contributed by atoms with Crippen LogP contribution < -0.4 is 10.1 Å². The van der Waals surface area contributed by atoms with Crippen LogP contribution >= 0.6 is 11.6 Å². The van der Waals surface area contributed by atoms with E-state index in [9.17, 15) is 4.79 Å². The van der Waals surface area contributed by atoms with Gasteiger partial charge in [-0.15, -0.1) is 0 Å². The van der Waals surface area contributed by atoms with Crippen molar-refractivity contribution in [3.8, 4) is 5.75 Å². The van der Waals surface area contributed by atoms with Crippen LogP contribution in [0.25, 0.3) is 0 Å². The quantitative estimate of drug-likeness (QED) is 0.201. The Morgan fingerprint density at radius 2 is 1.60 bits per heavy atom. The molecule has 0 fully saturated rings. The summed E-state index contributed by atoms with van der Waals surface area (Å²) in [6.45, 7) is 9.01. The Kier molecular flexibility index (Phi) is 7.81.